The first-order valence-corrected chi connectivity index (χ1v) is 12.9. The Morgan fingerprint density at radius 1 is 1.12 bits per heavy atom. The van der Waals surface area contributed by atoms with Gasteiger partial charge in [-0.25, -0.2) is 13.4 Å². The number of nitrogens with one attached hydrogen (secondary N) is 1. The standard InChI is InChI=1S/C24H28F3N3O3S/c1-15-11-17(14-23(2,3)13-15)30-21-10-9-19(34(4,31)32)12-20(21)29-22(30)28-16-5-7-18(8-6-16)33-24(25,26)27/h5-10,12,15,17H,11,13-14H2,1-4H3,(H,28,29)/t15-,17-/m0/s1. The van der Waals surface area contributed by atoms with Crippen molar-refractivity contribution in [2.45, 2.75) is 57.3 Å². The van der Waals surface area contributed by atoms with E-state index in [1.807, 2.05) is 0 Å². The van der Waals surface area contributed by atoms with Crippen LogP contribution in [0, 0.1) is 11.3 Å². The largest absolute Gasteiger partial charge is 0.573 e. The molecular formula is C24H28F3N3O3S. The average Bonchev–Trinajstić information content (AvgIpc) is 3.03. The minimum absolute atomic E-state index is 0.124. The van der Waals surface area contributed by atoms with Crippen LogP contribution in [-0.2, 0) is 9.84 Å². The van der Waals surface area contributed by atoms with Gasteiger partial charge in [0.25, 0.3) is 0 Å². The van der Waals surface area contributed by atoms with E-state index in [1.165, 1.54) is 24.3 Å². The minimum atomic E-state index is -4.76. The predicted octanol–water partition coefficient (Wildman–Crippen LogP) is 6.47. The van der Waals surface area contributed by atoms with Crippen molar-refractivity contribution in [3.8, 4) is 5.75 Å². The lowest BCUT2D eigenvalue weighted by Gasteiger charge is -2.40. The monoisotopic (exact) mass is 495 g/mol. The molecule has 3 aromatic rings. The lowest BCUT2D eigenvalue weighted by Crippen LogP contribution is -2.29. The van der Waals surface area contributed by atoms with Crippen LogP contribution in [0.3, 0.4) is 0 Å². The molecule has 0 spiro atoms. The fraction of sp³-hybridized carbons (Fsp3) is 0.458. The molecule has 1 aliphatic rings. The van der Waals surface area contributed by atoms with Gasteiger partial charge in [0.1, 0.15) is 5.75 Å². The lowest BCUT2D eigenvalue weighted by molar-refractivity contribution is -0.274. The van der Waals surface area contributed by atoms with Crippen LogP contribution >= 0.6 is 0 Å². The van der Waals surface area contributed by atoms with Gasteiger partial charge in [0.15, 0.2) is 9.84 Å². The van der Waals surface area contributed by atoms with E-state index in [-0.39, 0.29) is 22.1 Å². The number of aromatic nitrogens is 2. The smallest absolute Gasteiger partial charge is 0.406 e. The third-order valence-corrected chi connectivity index (χ3v) is 7.27. The van der Waals surface area contributed by atoms with Crippen molar-refractivity contribution in [1.82, 2.24) is 9.55 Å². The van der Waals surface area contributed by atoms with Crippen LogP contribution < -0.4 is 10.1 Å². The second-order valence-corrected chi connectivity index (χ2v) is 12.0. The highest BCUT2D eigenvalue weighted by Crippen LogP contribution is 2.46. The van der Waals surface area contributed by atoms with Gasteiger partial charge in [0, 0.05) is 18.0 Å². The first-order chi connectivity index (χ1) is 15.7. The van der Waals surface area contributed by atoms with E-state index in [0.717, 1.165) is 31.0 Å². The summed E-state index contributed by atoms with van der Waals surface area (Å²) in [6.07, 6.45) is -0.637. The highest BCUT2D eigenvalue weighted by Gasteiger charge is 2.35. The Balaban J connectivity index is 1.76. The molecule has 0 amide bonds. The zero-order chi connectivity index (χ0) is 24.9. The van der Waals surface area contributed by atoms with Crippen molar-refractivity contribution in [1.29, 1.82) is 0 Å². The third-order valence-electron chi connectivity index (χ3n) is 6.16. The number of fused-ring (bicyclic) bond motifs is 1. The Labute approximate surface area is 197 Å². The molecule has 184 valence electrons. The molecule has 1 aromatic heterocycles. The minimum Gasteiger partial charge on any atom is -0.406 e. The number of imidazole rings is 1. The van der Waals surface area contributed by atoms with E-state index in [2.05, 4.69) is 40.4 Å². The molecular weight excluding hydrogens is 467 g/mol. The van der Waals surface area contributed by atoms with Gasteiger partial charge in [0.2, 0.25) is 5.95 Å². The Kier molecular flexibility index (Phi) is 6.08. The normalized spacial score (nSPS) is 20.9. The van der Waals surface area contributed by atoms with Crippen LogP contribution in [0.1, 0.15) is 46.1 Å². The first kappa shape index (κ1) is 24.4. The number of ether oxygens (including phenoxy) is 1. The molecule has 0 aliphatic heterocycles. The SMILES string of the molecule is C[C@H]1C[C@H](n2c(Nc3ccc(OC(F)(F)F)cc3)nc3cc(S(C)(=O)=O)ccc32)CC(C)(C)C1. The summed E-state index contributed by atoms with van der Waals surface area (Å²) >= 11 is 0. The first-order valence-electron chi connectivity index (χ1n) is 11.1. The van der Waals surface area contributed by atoms with Gasteiger partial charge in [-0.1, -0.05) is 20.8 Å². The summed E-state index contributed by atoms with van der Waals surface area (Å²) < 4.78 is 67.6. The highest BCUT2D eigenvalue weighted by atomic mass is 32.2. The molecule has 34 heavy (non-hydrogen) atoms. The van der Waals surface area contributed by atoms with Gasteiger partial charge in [0.05, 0.1) is 15.9 Å². The molecule has 0 radical (unpaired) electrons. The van der Waals surface area contributed by atoms with Gasteiger partial charge >= 0.3 is 6.36 Å². The summed E-state index contributed by atoms with van der Waals surface area (Å²) in [5.74, 6) is 0.695. The van der Waals surface area contributed by atoms with Crippen LogP contribution in [0.15, 0.2) is 47.4 Å². The third kappa shape index (κ3) is 5.48. The van der Waals surface area contributed by atoms with Gasteiger partial charge in [-0.15, -0.1) is 13.2 Å². The maximum absolute atomic E-state index is 12.5. The van der Waals surface area contributed by atoms with Crippen LogP contribution in [0.4, 0.5) is 24.8 Å². The molecule has 1 heterocycles. The molecule has 0 saturated heterocycles. The van der Waals surface area contributed by atoms with E-state index in [0.29, 0.717) is 23.1 Å². The average molecular weight is 496 g/mol. The van der Waals surface area contributed by atoms with E-state index in [1.54, 1.807) is 18.2 Å². The molecule has 1 N–H and O–H groups in total. The van der Waals surface area contributed by atoms with Gasteiger partial charge in [-0.3, -0.25) is 0 Å². The van der Waals surface area contributed by atoms with Crippen LogP contribution in [-0.4, -0.2) is 30.6 Å². The Morgan fingerprint density at radius 3 is 2.38 bits per heavy atom. The molecule has 1 aliphatic carbocycles. The summed E-state index contributed by atoms with van der Waals surface area (Å²) in [6.45, 7) is 6.70. The van der Waals surface area contributed by atoms with E-state index in [4.69, 9.17) is 0 Å². The van der Waals surface area contributed by atoms with E-state index in [9.17, 15) is 21.6 Å². The number of alkyl halides is 3. The lowest BCUT2D eigenvalue weighted by atomic mass is 9.70. The fourth-order valence-corrected chi connectivity index (χ4v) is 5.77. The molecule has 6 nitrogen and oxygen atoms in total. The zero-order valence-electron chi connectivity index (χ0n) is 19.5. The fourth-order valence-electron chi connectivity index (χ4n) is 5.13. The second kappa shape index (κ2) is 8.48. The summed E-state index contributed by atoms with van der Waals surface area (Å²) in [4.78, 5) is 4.87. The maximum atomic E-state index is 12.5. The van der Waals surface area contributed by atoms with Crippen molar-refractivity contribution in [3.05, 3.63) is 42.5 Å². The number of benzene rings is 2. The Bertz CT molecular complexity index is 1300. The van der Waals surface area contributed by atoms with Crippen molar-refractivity contribution in [2.24, 2.45) is 11.3 Å². The van der Waals surface area contributed by atoms with Crippen LogP contribution in [0.5, 0.6) is 5.75 Å². The molecule has 2 atom stereocenters. The Hall–Kier alpha value is -2.75. The molecule has 0 bridgehead atoms. The van der Waals surface area contributed by atoms with E-state index < -0.39 is 16.2 Å². The predicted molar refractivity (Wildman–Crippen MR) is 125 cm³/mol. The maximum Gasteiger partial charge on any atom is 0.573 e. The number of hydrogen-bond acceptors (Lipinski definition) is 5. The molecule has 4 rings (SSSR count). The number of sulfone groups is 1. The summed E-state index contributed by atoms with van der Waals surface area (Å²) in [5.41, 5.74) is 2.01. The number of hydrogen-bond donors (Lipinski definition) is 1. The topological polar surface area (TPSA) is 73.2 Å². The van der Waals surface area contributed by atoms with Gasteiger partial charge in [-0.2, -0.15) is 0 Å². The highest BCUT2D eigenvalue weighted by molar-refractivity contribution is 7.90. The van der Waals surface area contributed by atoms with Gasteiger partial charge in [-0.05, 0) is 73.1 Å². The van der Waals surface area contributed by atoms with Crippen molar-refractivity contribution in [3.63, 3.8) is 0 Å². The summed E-state index contributed by atoms with van der Waals surface area (Å²) in [6, 6.07) is 10.5. The van der Waals surface area contributed by atoms with Crippen molar-refractivity contribution < 1.29 is 26.3 Å². The Morgan fingerprint density at radius 2 is 1.79 bits per heavy atom. The van der Waals surface area contributed by atoms with Gasteiger partial charge < -0.3 is 14.6 Å². The van der Waals surface area contributed by atoms with Crippen molar-refractivity contribution in [2.75, 3.05) is 11.6 Å². The second-order valence-electron chi connectivity index (χ2n) is 9.99. The molecule has 10 heteroatoms. The van der Waals surface area contributed by atoms with Crippen LogP contribution in [0.2, 0.25) is 0 Å². The van der Waals surface area contributed by atoms with Crippen molar-refractivity contribution >= 4 is 32.5 Å². The quantitative estimate of drug-likeness (QED) is 0.439. The molecule has 1 saturated carbocycles. The number of rotatable bonds is 5. The molecule has 1 fully saturated rings. The summed E-state index contributed by atoms with van der Waals surface area (Å²) in [7, 11) is -3.40. The molecule has 2 aromatic carbocycles. The number of nitrogens with zero attached hydrogens (tertiary/aromatic N) is 2. The number of anilines is 2. The van der Waals surface area contributed by atoms with Crippen LogP contribution in [0.25, 0.3) is 11.0 Å². The van der Waals surface area contributed by atoms with E-state index >= 15 is 0 Å². The number of halogens is 3. The molecule has 0 unspecified atom stereocenters. The zero-order valence-corrected chi connectivity index (χ0v) is 20.3. The summed E-state index contributed by atoms with van der Waals surface area (Å²) in [5, 5.41) is 3.22.